The summed E-state index contributed by atoms with van der Waals surface area (Å²) in [4.78, 5) is 9.07. The summed E-state index contributed by atoms with van der Waals surface area (Å²) in [5, 5.41) is 0. The Balaban J connectivity index is 2.40. The normalized spacial score (nSPS) is 15.7. The van der Waals surface area contributed by atoms with E-state index in [1.165, 1.54) is 12.8 Å². The van der Waals surface area contributed by atoms with Crippen molar-refractivity contribution >= 4 is 5.82 Å². The van der Waals surface area contributed by atoms with Gasteiger partial charge in [0, 0.05) is 17.9 Å². The summed E-state index contributed by atoms with van der Waals surface area (Å²) in [6.07, 6.45) is 4.40. The third-order valence-electron chi connectivity index (χ3n) is 3.26. The zero-order valence-corrected chi connectivity index (χ0v) is 10.9. The lowest BCUT2D eigenvalue weighted by Crippen LogP contribution is -2.27. The predicted molar refractivity (Wildman–Crippen MR) is 67.7 cm³/mol. The number of hydrogen-bond donors (Lipinski definition) is 1. The number of ether oxygens (including phenoxy) is 1. The van der Waals surface area contributed by atoms with Gasteiger partial charge in [-0.1, -0.05) is 0 Å². The van der Waals surface area contributed by atoms with Crippen molar-refractivity contribution in [2.75, 3.05) is 12.3 Å². The van der Waals surface area contributed by atoms with Gasteiger partial charge in [0.2, 0.25) is 0 Å². The van der Waals surface area contributed by atoms with E-state index in [-0.39, 0.29) is 0 Å². The smallest absolute Gasteiger partial charge is 0.162 e. The van der Waals surface area contributed by atoms with E-state index in [1.54, 1.807) is 0 Å². The first kappa shape index (κ1) is 12.3. The second kappa shape index (κ2) is 4.61. The molecule has 4 nitrogen and oxygen atoms in total. The van der Waals surface area contributed by atoms with E-state index in [0.717, 1.165) is 24.1 Å². The van der Waals surface area contributed by atoms with Gasteiger partial charge in [-0.2, -0.15) is 0 Å². The molecule has 94 valence electrons. The fourth-order valence-electron chi connectivity index (χ4n) is 2.32. The Labute approximate surface area is 103 Å². The number of anilines is 1. The Morgan fingerprint density at radius 2 is 1.94 bits per heavy atom. The first-order valence-electron chi connectivity index (χ1n) is 6.34. The van der Waals surface area contributed by atoms with Crippen molar-refractivity contribution < 1.29 is 4.74 Å². The van der Waals surface area contributed by atoms with Crippen LogP contribution in [0.2, 0.25) is 0 Å². The number of nitrogens with two attached hydrogens (primary N) is 1. The van der Waals surface area contributed by atoms with Crippen molar-refractivity contribution in [1.82, 2.24) is 9.97 Å². The van der Waals surface area contributed by atoms with Crippen LogP contribution < -0.4 is 5.73 Å². The van der Waals surface area contributed by atoms with Crippen molar-refractivity contribution in [2.45, 2.75) is 52.1 Å². The highest BCUT2D eigenvalue weighted by Gasteiger charge is 2.27. The minimum absolute atomic E-state index is 0.463. The highest BCUT2D eigenvalue weighted by Crippen LogP contribution is 2.28. The van der Waals surface area contributed by atoms with Crippen LogP contribution in [0, 0.1) is 0 Å². The first-order chi connectivity index (χ1) is 8.04. The van der Waals surface area contributed by atoms with E-state index < -0.39 is 5.60 Å². The van der Waals surface area contributed by atoms with Gasteiger partial charge in [-0.15, -0.1) is 0 Å². The maximum absolute atomic E-state index is 6.03. The molecule has 0 atom stereocenters. The minimum atomic E-state index is -0.463. The molecule has 0 amide bonds. The number of fused-ring (bicyclic) bond motifs is 1. The van der Waals surface area contributed by atoms with Crippen molar-refractivity contribution in [3.05, 3.63) is 17.1 Å². The molecule has 0 saturated carbocycles. The fraction of sp³-hybridized carbons (Fsp3) is 0.692. The van der Waals surface area contributed by atoms with Crippen LogP contribution in [0.15, 0.2) is 0 Å². The topological polar surface area (TPSA) is 61.0 Å². The molecule has 0 aromatic carbocycles. The maximum Gasteiger partial charge on any atom is 0.162 e. The highest BCUT2D eigenvalue weighted by atomic mass is 16.5. The number of aromatic nitrogens is 2. The molecular weight excluding hydrogens is 214 g/mol. The molecule has 1 aromatic heterocycles. The second-order valence-corrected chi connectivity index (χ2v) is 5.01. The van der Waals surface area contributed by atoms with Gasteiger partial charge in [-0.3, -0.25) is 0 Å². The number of nitrogen functional groups attached to an aromatic ring is 1. The van der Waals surface area contributed by atoms with Crippen LogP contribution >= 0.6 is 0 Å². The molecule has 2 N–H and O–H groups in total. The first-order valence-corrected chi connectivity index (χ1v) is 6.34. The van der Waals surface area contributed by atoms with Gasteiger partial charge in [-0.05, 0) is 46.5 Å². The van der Waals surface area contributed by atoms with Crippen LogP contribution in [0.25, 0.3) is 0 Å². The molecule has 0 radical (unpaired) electrons. The summed E-state index contributed by atoms with van der Waals surface area (Å²) < 4.78 is 5.68. The third kappa shape index (κ3) is 2.41. The quantitative estimate of drug-likeness (QED) is 0.872. The van der Waals surface area contributed by atoms with Gasteiger partial charge in [0.15, 0.2) is 5.82 Å². The molecule has 0 spiro atoms. The highest BCUT2D eigenvalue weighted by molar-refractivity contribution is 5.44. The van der Waals surface area contributed by atoms with E-state index in [2.05, 4.69) is 9.97 Å². The van der Waals surface area contributed by atoms with Crippen LogP contribution in [-0.4, -0.2) is 16.6 Å². The number of hydrogen-bond acceptors (Lipinski definition) is 4. The zero-order valence-electron chi connectivity index (χ0n) is 10.9. The maximum atomic E-state index is 6.03. The fourth-order valence-corrected chi connectivity index (χ4v) is 2.32. The van der Waals surface area contributed by atoms with Crippen LogP contribution in [0.1, 0.15) is 50.7 Å². The Bertz CT molecular complexity index is 415. The molecule has 0 bridgehead atoms. The van der Waals surface area contributed by atoms with Crippen molar-refractivity contribution in [2.24, 2.45) is 0 Å². The lowest BCUT2D eigenvalue weighted by Gasteiger charge is -2.25. The molecule has 0 saturated heterocycles. The Kier molecular flexibility index (Phi) is 3.33. The summed E-state index contributed by atoms with van der Waals surface area (Å²) in [5.41, 5.74) is 7.83. The van der Waals surface area contributed by atoms with Gasteiger partial charge in [0.25, 0.3) is 0 Å². The predicted octanol–water partition coefficient (Wildman–Crippen LogP) is 2.21. The van der Waals surface area contributed by atoms with Crippen molar-refractivity contribution in [3.63, 3.8) is 0 Å². The molecule has 0 fully saturated rings. The monoisotopic (exact) mass is 235 g/mol. The Morgan fingerprint density at radius 3 is 2.65 bits per heavy atom. The van der Waals surface area contributed by atoms with Gasteiger partial charge in [0.1, 0.15) is 11.4 Å². The SMILES string of the molecule is CCOC(C)(C)c1nc(N)c2c(n1)CCCC2. The third-order valence-corrected chi connectivity index (χ3v) is 3.26. The summed E-state index contributed by atoms with van der Waals surface area (Å²) in [5.74, 6) is 1.34. The van der Waals surface area contributed by atoms with Gasteiger partial charge in [0.05, 0.1) is 0 Å². The van der Waals surface area contributed by atoms with Gasteiger partial charge in [-0.25, -0.2) is 9.97 Å². The molecule has 1 aliphatic rings. The van der Waals surface area contributed by atoms with Crippen molar-refractivity contribution in [3.8, 4) is 0 Å². The average Bonchev–Trinajstić information content (AvgIpc) is 2.29. The Hall–Kier alpha value is -1.16. The molecule has 0 unspecified atom stereocenters. The lowest BCUT2D eigenvalue weighted by atomic mass is 9.96. The summed E-state index contributed by atoms with van der Waals surface area (Å²) in [6.45, 7) is 6.60. The number of aryl methyl sites for hydroxylation is 1. The standard InChI is InChI=1S/C13H21N3O/c1-4-17-13(2,3)12-15-10-8-6-5-7-9(10)11(14)16-12/h4-8H2,1-3H3,(H2,14,15,16). The molecular formula is C13H21N3O. The second-order valence-electron chi connectivity index (χ2n) is 5.01. The lowest BCUT2D eigenvalue weighted by molar-refractivity contribution is -0.0209. The molecule has 0 aliphatic heterocycles. The van der Waals surface area contributed by atoms with Crippen LogP contribution in [0.5, 0.6) is 0 Å². The molecule has 4 heteroatoms. The summed E-state index contributed by atoms with van der Waals surface area (Å²) >= 11 is 0. The van der Waals surface area contributed by atoms with E-state index >= 15 is 0 Å². The van der Waals surface area contributed by atoms with Crippen LogP contribution in [0.3, 0.4) is 0 Å². The van der Waals surface area contributed by atoms with Crippen LogP contribution in [-0.2, 0) is 23.2 Å². The van der Waals surface area contributed by atoms with E-state index in [1.807, 2.05) is 20.8 Å². The number of rotatable bonds is 3. The Morgan fingerprint density at radius 1 is 1.24 bits per heavy atom. The van der Waals surface area contributed by atoms with Crippen LogP contribution in [0.4, 0.5) is 5.82 Å². The van der Waals surface area contributed by atoms with E-state index in [0.29, 0.717) is 18.2 Å². The van der Waals surface area contributed by atoms with Gasteiger partial charge < -0.3 is 10.5 Å². The van der Waals surface area contributed by atoms with Gasteiger partial charge >= 0.3 is 0 Å². The van der Waals surface area contributed by atoms with Crippen molar-refractivity contribution in [1.29, 1.82) is 0 Å². The number of nitrogens with zero attached hydrogens (tertiary/aromatic N) is 2. The van der Waals surface area contributed by atoms with E-state index in [9.17, 15) is 0 Å². The summed E-state index contributed by atoms with van der Waals surface area (Å²) in [6, 6.07) is 0. The molecule has 17 heavy (non-hydrogen) atoms. The molecule has 1 aliphatic carbocycles. The average molecular weight is 235 g/mol. The van der Waals surface area contributed by atoms with E-state index in [4.69, 9.17) is 10.5 Å². The minimum Gasteiger partial charge on any atom is -0.383 e. The zero-order chi connectivity index (χ0) is 12.5. The summed E-state index contributed by atoms with van der Waals surface area (Å²) in [7, 11) is 0. The molecule has 2 rings (SSSR count). The largest absolute Gasteiger partial charge is 0.383 e. The molecule has 1 aromatic rings. The molecule has 1 heterocycles.